The molecule has 0 aliphatic heterocycles. The van der Waals surface area contributed by atoms with E-state index in [0.29, 0.717) is 23.7 Å². The van der Waals surface area contributed by atoms with Gasteiger partial charge in [-0.05, 0) is 55.7 Å². The van der Waals surface area contributed by atoms with Crippen LogP contribution in [-0.4, -0.2) is 19.1 Å². The van der Waals surface area contributed by atoms with E-state index in [9.17, 15) is 4.79 Å². The Labute approximate surface area is 136 Å². The van der Waals surface area contributed by atoms with Crippen LogP contribution in [0.3, 0.4) is 0 Å². The third-order valence-corrected chi connectivity index (χ3v) is 3.83. The minimum absolute atomic E-state index is 0.149. The number of carbonyl (C=O) groups excluding carboxylic acids is 1. The highest BCUT2D eigenvalue weighted by molar-refractivity contribution is 6.30. The molecule has 2 aromatic rings. The highest BCUT2D eigenvalue weighted by Gasteiger charge is 2.08. The third kappa shape index (κ3) is 4.01. The first-order chi connectivity index (χ1) is 10.5. The smallest absolute Gasteiger partial charge is 0.251 e. The summed E-state index contributed by atoms with van der Waals surface area (Å²) < 4.78 is 5.82. The van der Waals surface area contributed by atoms with Crippen molar-refractivity contribution < 1.29 is 9.53 Å². The van der Waals surface area contributed by atoms with Gasteiger partial charge in [0.25, 0.3) is 5.91 Å². The minimum Gasteiger partial charge on any atom is -0.491 e. The second-order valence-corrected chi connectivity index (χ2v) is 5.70. The molecule has 1 amide bonds. The molecule has 4 heteroatoms. The Morgan fingerprint density at radius 1 is 1.14 bits per heavy atom. The average molecular weight is 318 g/mol. The zero-order valence-electron chi connectivity index (χ0n) is 13.1. The van der Waals surface area contributed by atoms with Crippen molar-refractivity contribution in [1.29, 1.82) is 0 Å². The standard InChI is InChI=1S/C18H20ClNO2/c1-12-7-8-13(2)17(14(12)3)22-10-9-20-18(21)15-5-4-6-16(19)11-15/h4-8,11H,9-10H2,1-3H3,(H,20,21). The van der Waals surface area contributed by atoms with Crippen LogP contribution < -0.4 is 10.1 Å². The van der Waals surface area contributed by atoms with Crippen molar-refractivity contribution >= 4 is 17.5 Å². The van der Waals surface area contributed by atoms with Crippen molar-refractivity contribution in [3.05, 3.63) is 63.7 Å². The number of carbonyl (C=O) groups is 1. The lowest BCUT2D eigenvalue weighted by Crippen LogP contribution is -2.28. The lowest BCUT2D eigenvalue weighted by molar-refractivity contribution is 0.0947. The lowest BCUT2D eigenvalue weighted by atomic mass is 10.1. The molecule has 0 atom stereocenters. The summed E-state index contributed by atoms with van der Waals surface area (Å²) in [7, 11) is 0. The van der Waals surface area contributed by atoms with Crippen LogP contribution in [-0.2, 0) is 0 Å². The third-order valence-electron chi connectivity index (χ3n) is 3.59. The number of aryl methyl sites for hydroxylation is 2. The zero-order chi connectivity index (χ0) is 16.1. The van der Waals surface area contributed by atoms with Gasteiger partial charge in [0, 0.05) is 10.6 Å². The van der Waals surface area contributed by atoms with Gasteiger partial charge in [-0.25, -0.2) is 0 Å². The van der Waals surface area contributed by atoms with Gasteiger partial charge in [0.1, 0.15) is 12.4 Å². The molecule has 0 radical (unpaired) electrons. The predicted octanol–water partition coefficient (Wildman–Crippen LogP) is 4.07. The summed E-state index contributed by atoms with van der Waals surface area (Å²) in [6.07, 6.45) is 0. The molecule has 116 valence electrons. The molecule has 22 heavy (non-hydrogen) atoms. The van der Waals surface area contributed by atoms with Crippen molar-refractivity contribution in [2.45, 2.75) is 20.8 Å². The number of ether oxygens (including phenoxy) is 1. The summed E-state index contributed by atoms with van der Waals surface area (Å²) in [5.41, 5.74) is 3.99. The van der Waals surface area contributed by atoms with Gasteiger partial charge in [-0.1, -0.05) is 29.8 Å². The summed E-state index contributed by atoms with van der Waals surface area (Å²) in [5, 5.41) is 3.38. The van der Waals surface area contributed by atoms with Crippen LogP contribution in [0.2, 0.25) is 5.02 Å². The van der Waals surface area contributed by atoms with Crippen molar-refractivity contribution in [2.75, 3.05) is 13.2 Å². The van der Waals surface area contributed by atoms with Gasteiger partial charge in [0.15, 0.2) is 0 Å². The van der Waals surface area contributed by atoms with Crippen molar-refractivity contribution in [3.8, 4) is 5.75 Å². The number of halogens is 1. The van der Waals surface area contributed by atoms with Gasteiger partial charge in [-0.3, -0.25) is 4.79 Å². The van der Waals surface area contributed by atoms with E-state index < -0.39 is 0 Å². The molecular weight excluding hydrogens is 298 g/mol. The number of benzene rings is 2. The summed E-state index contributed by atoms with van der Waals surface area (Å²) in [5.74, 6) is 0.751. The highest BCUT2D eigenvalue weighted by atomic mass is 35.5. The topological polar surface area (TPSA) is 38.3 Å². The summed E-state index contributed by atoms with van der Waals surface area (Å²) in [6.45, 7) is 6.99. The van der Waals surface area contributed by atoms with E-state index in [4.69, 9.17) is 16.3 Å². The van der Waals surface area contributed by atoms with E-state index in [1.807, 2.05) is 19.9 Å². The second kappa shape index (κ2) is 7.32. The fraction of sp³-hybridized carbons (Fsp3) is 0.278. The van der Waals surface area contributed by atoms with E-state index in [-0.39, 0.29) is 5.91 Å². The van der Waals surface area contributed by atoms with Gasteiger partial charge >= 0.3 is 0 Å². The molecule has 0 bridgehead atoms. The van der Waals surface area contributed by atoms with Crippen molar-refractivity contribution in [1.82, 2.24) is 5.32 Å². The van der Waals surface area contributed by atoms with E-state index >= 15 is 0 Å². The van der Waals surface area contributed by atoms with Crippen LogP contribution >= 0.6 is 11.6 Å². The number of nitrogens with one attached hydrogen (secondary N) is 1. The molecule has 0 fully saturated rings. The Morgan fingerprint density at radius 2 is 1.86 bits per heavy atom. The van der Waals surface area contributed by atoms with E-state index in [0.717, 1.165) is 16.9 Å². The van der Waals surface area contributed by atoms with Gasteiger partial charge in [-0.2, -0.15) is 0 Å². The Hall–Kier alpha value is -2.00. The molecule has 0 aliphatic rings. The molecule has 0 aliphatic carbocycles. The fourth-order valence-electron chi connectivity index (χ4n) is 2.20. The number of amides is 1. The molecule has 0 aromatic heterocycles. The summed E-state index contributed by atoms with van der Waals surface area (Å²) >= 11 is 5.88. The first-order valence-corrected chi connectivity index (χ1v) is 7.60. The number of hydrogen-bond acceptors (Lipinski definition) is 2. The first kappa shape index (κ1) is 16.4. The van der Waals surface area contributed by atoms with Crippen LogP contribution in [0.15, 0.2) is 36.4 Å². The Bertz CT molecular complexity index is 683. The minimum atomic E-state index is -0.149. The molecule has 0 heterocycles. The molecule has 2 aromatic carbocycles. The summed E-state index contributed by atoms with van der Waals surface area (Å²) in [6, 6.07) is 11.0. The second-order valence-electron chi connectivity index (χ2n) is 5.27. The van der Waals surface area contributed by atoms with Gasteiger partial charge in [0.2, 0.25) is 0 Å². The maximum absolute atomic E-state index is 12.0. The van der Waals surface area contributed by atoms with Crippen LogP contribution in [0.25, 0.3) is 0 Å². The van der Waals surface area contributed by atoms with E-state index in [1.165, 1.54) is 5.56 Å². The Morgan fingerprint density at radius 3 is 2.59 bits per heavy atom. The Balaban J connectivity index is 1.88. The predicted molar refractivity (Wildman–Crippen MR) is 89.9 cm³/mol. The normalized spacial score (nSPS) is 10.4. The molecule has 0 unspecified atom stereocenters. The molecule has 1 N–H and O–H groups in total. The quantitative estimate of drug-likeness (QED) is 0.844. The van der Waals surface area contributed by atoms with Crippen LogP contribution in [0.5, 0.6) is 5.75 Å². The monoisotopic (exact) mass is 317 g/mol. The molecule has 0 saturated carbocycles. The highest BCUT2D eigenvalue weighted by Crippen LogP contribution is 2.25. The maximum Gasteiger partial charge on any atom is 0.251 e. The number of hydrogen-bond donors (Lipinski definition) is 1. The largest absolute Gasteiger partial charge is 0.491 e. The van der Waals surface area contributed by atoms with Gasteiger partial charge in [-0.15, -0.1) is 0 Å². The molecular formula is C18H20ClNO2. The average Bonchev–Trinajstić information content (AvgIpc) is 2.50. The van der Waals surface area contributed by atoms with Crippen molar-refractivity contribution in [3.63, 3.8) is 0 Å². The number of rotatable bonds is 5. The lowest BCUT2D eigenvalue weighted by Gasteiger charge is -2.14. The maximum atomic E-state index is 12.0. The van der Waals surface area contributed by atoms with Gasteiger partial charge in [0.05, 0.1) is 6.54 Å². The van der Waals surface area contributed by atoms with Crippen LogP contribution in [0.4, 0.5) is 0 Å². The van der Waals surface area contributed by atoms with Crippen molar-refractivity contribution in [2.24, 2.45) is 0 Å². The summed E-state index contributed by atoms with van der Waals surface area (Å²) in [4.78, 5) is 12.0. The molecule has 2 rings (SSSR count). The SMILES string of the molecule is Cc1ccc(C)c(OCCNC(=O)c2cccc(Cl)c2)c1C. The molecule has 3 nitrogen and oxygen atoms in total. The van der Waals surface area contributed by atoms with E-state index in [1.54, 1.807) is 24.3 Å². The molecule has 0 spiro atoms. The van der Waals surface area contributed by atoms with Gasteiger partial charge < -0.3 is 10.1 Å². The Kier molecular flexibility index (Phi) is 5.45. The van der Waals surface area contributed by atoms with Crippen LogP contribution in [0, 0.1) is 20.8 Å². The van der Waals surface area contributed by atoms with E-state index in [2.05, 4.69) is 18.3 Å². The molecule has 0 saturated heterocycles. The first-order valence-electron chi connectivity index (χ1n) is 7.22. The zero-order valence-corrected chi connectivity index (χ0v) is 13.8. The van der Waals surface area contributed by atoms with Crippen LogP contribution in [0.1, 0.15) is 27.0 Å². The fourth-order valence-corrected chi connectivity index (χ4v) is 2.39.